The summed E-state index contributed by atoms with van der Waals surface area (Å²) >= 11 is 1.09. The van der Waals surface area contributed by atoms with E-state index >= 15 is 0 Å². The molecule has 0 amide bonds. The molecule has 1 aromatic carbocycles. The zero-order valence-corrected chi connectivity index (χ0v) is 12.0. The number of ether oxygens (including phenoxy) is 1. The van der Waals surface area contributed by atoms with Gasteiger partial charge in [0.1, 0.15) is 15.5 Å². The minimum absolute atomic E-state index is 0.0356. The van der Waals surface area contributed by atoms with E-state index in [1.807, 2.05) is 0 Å². The molecule has 0 unspecified atom stereocenters. The van der Waals surface area contributed by atoms with Crippen LogP contribution in [0.15, 0.2) is 39.9 Å². The average molecular weight is 313 g/mol. The molecule has 0 aliphatic carbocycles. The van der Waals surface area contributed by atoms with Gasteiger partial charge in [0.05, 0.1) is 12.8 Å². The maximum Gasteiger partial charge on any atom is 0.339 e. The number of nitrogens with one attached hydrogen (secondary N) is 1. The molecular weight excluding hydrogens is 302 g/mol. The Labute approximate surface area is 119 Å². The van der Waals surface area contributed by atoms with Crippen molar-refractivity contribution in [1.82, 2.24) is 0 Å². The number of carboxylic acids is 1. The molecule has 106 valence electrons. The summed E-state index contributed by atoms with van der Waals surface area (Å²) in [7, 11) is -2.34. The van der Waals surface area contributed by atoms with Crippen LogP contribution >= 0.6 is 11.3 Å². The molecule has 1 aromatic heterocycles. The second kappa shape index (κ2) is 5.51. The van der Waals surface area contributed by atoms with E-state index in [1.165, 1.54) is 31.4 Å². The molecule has 0 aliphatic heterocycles. The lowest BCUT2D eigenvalue weighted by Gasteiger charge is -2.09. The fourth-order valence-electron chi connectivity index (χ4n) is 1.55. The fourth-order valence-corrected chi connectivity index (χ4v) is 3.60. The summed E-state index contributed by atoms with van der Waals surface area (Å²) < 4.78 is 31.5. The van der Waals surface area contributed by atoms with Crippen LogP contribution in [0.2, 0.25) is 0 Å². The lowest BCUT2D eigenvalue weighted by atomic mass is 10.2. The monoisotopic (exact) mass is 313 g/mol. The van der Waals surface area contributed by atoms with E-state index in [9.17, 15) is 13.2 Å². The zero-order valence-electron chi connectivity index (χ0n) is 10.4. The normalized spacial score (nSPS) is 11.1. The number of benzene rings is 1. The predicted octanol–water partition coefficient (Wildman–Crippen LogP) is 2.26. The van der Waals surface area contributed by atoms with Gasteiger partial charge >= 0.3 is 5.97 Å². The van der Waals surface area contributed by atoms with Gasteiger partial charge in [-0.3, -0.25) is 4.72 Å². The molecule has 0 radical (unpaired) electrons. The van der Waals surface area contributed by atoms with E-state index in [4.69, 9.17) is 9.84 Å². The second-order valence-corrected chi connectivity index (χ2v) is 6.61. The summed E-state index contributed by atoms with van der Waals surface area (Å²) in [6.07, 6.45) is 0. The van der Waals surface area contributed by atoms with Crippen molar-refractivity contribution >= 4 is 33.0 Å². The minimum Gasteiger partial charge on any atom is -0.496 e. The number of rotatable bonds is 5. The van der Waals surface area contributed by atoms with Crippen molar-refractivity contribution in [3.05, 3.63) is 41.3 Å². The number of sulfonamides is 1. The maximum atomic E-state index is 12.0. The van der Waals surface area contributed by atoms with Crippen molar-refractivity contribution in [2.24, 2.45) is 0 Å². The minimum atomic E-state index is -3.66. The number of methoxy groups -OCH3 is 1. The Hall–Kier alpha value is -2.06. The Balaban J connectivity index is 2.34. The summed E-state index contributed by atoms with van der Waals surface area (Å²) in [5, 5.41) is 10.6. The van der Waals surface area contributed by atoms with Crippen LogP contribution in [0.5, 0.6) is 5.75 Å². The summed E-state index contributed by atoms with van der Waals surface area (Å²) in [5.74, 6) is -1.06. The molecular formula is C12H11NO5S2. The molecule has 0 saturated heterocycles. The van der Waals surface area contributed by atoms with Gasteiger partial charge < -0.3 is 9.84 Å². The molecule has 1 heterocycles. The summed E-state index contributed by atoms with van der Waals surface area (Å²) in [4.78, 5) is 10.9. The number of anilines is 1. The number of thiophene rings is 1. The van der Waals surface area contributed by atoms with Crippen LogP contribution in [-0.4, -0.2) is 26.6 Å². The van der Waals surface area contributed by atoms with Crippen LogP contribution in [0, 0.1) is 0 Å². The molecule has 0 bridgehead atoms. The first kappa shape index (κ1) is 14.4. The molecule has 6 nitrogen and oxygen atoms in total. The standard InChI is InChI=1S/C12H11NO5S2/c1-18-10-7-8(4-5-9(10)12(14)15)13-20(16,17)11-3-2-6-19-11/h2-7,13H,1H3,(H,14,15). The molecule has 0 atom stereocenters. The third kappa shape index (κ3) is 2.91. The van der Waals surface area contributed by atoms with Crippen molar-refractivity contribution in [3.8, 4) is 5.75 Å². The molecule has 0 saturated carbocycles. The van der Waals surface area contributed by atoms with Crippen LogP contribution in [0.4, 0.5) is 5.69 Å². The van der Waals surface area contributed by atoms with Crippen molar-refractivity contribution < 1.29 is 23.1 Å². The molecule has 2 N–H and O–H groups in total. The molecule has 0 aliphatic rings. The van der Waals surface area contributed by atoms with Crippen LogP contribution in [0.3, 0.4) is 0 Å². The summed E-state index contributed by atoms with van der Waals surface area (Å²) in [5.41, 5.74) is 0.201. The Bertz CT molecular complexity index is 722. The first-order chi connectivity index (χ1) is 9.44. The molecule has 8 heteroatoms. The third-order valence-electron chi connectivity index (χ3n) is 2.44. The Morgan fingerprint density at radius 2 is 2.10 bits per heavy atom. The van der Waals surface area contributed by atoms with Gasteiger partial charge in [-0.05, 0) is 23.6 Å². The second-order valence-electron chi connectivity index (χ2n) is 3.76. The number of aromatic carboxylic acids is 1. The average Bonchev–Trinajstić information content (AvgIpc) is 2.92. The number of hydrogen-bond donors (Lipinski definition) is 2. The first-order valence-electron chi connectivity index (χ1n) is 5.41. The van der Waals surface area contributed by atoms with Gasteiger partial charge in [0, 0.05) is 6.07 Å². The predicted molar refractivity (Wildman–Crippen MR) is 75.1 cm³/mol. The summed E-state index contributed by atoms with van der Waals surface area (Å²) in [6, 6.07) is 7.10. The van der Waals surface area contributed by atoms with Crippen LogP contribution in [-0.2, 0) is 10.0 Å². The fraction of sp³-hybridized carbons (Fsp3) is 0.0833. The van der Waals surface area contributed by atoms with Crippen molar-refractivity contribution in [2.75, 3.05) is 11.8 Å². The molecule has 0 fully saturated rings. The molecule has 2 rings (SSSR count). The highest BCUT2D eigenvalue weighted by Gasteiger charge is 2.17. The lowest BCUT2D eigenvalue weighted by molar-refractivity contribution is 0.0693. The van der Waals surface area contributed by atoms with Gasteiger partial charge in [0.25, 0.3) is 10.0 Å². The van der Waals surface area contributed by atoms with E-state index in [1.54, 1.807) is 11.4 Å². The highest BCUT2D eigenvalue weighted by atomic mass is 32.2. The quantitative estimate of drug-likeness (QED) is 0.883. The Morgan fingerprint density at radius 3 is 2.65 bits per heavy atom. The highest BCUT2D eigenvalue weighted by Crippen LogP contribution is 2.26. The van der Waals surface area contributed by atoms with E-state index in [2.05, 4.69) is 4.72 Å². The van der Waals surface area contributed by atoms with Gasteiger partial charge in [-0.1, -0.05) is 6.07 Å². The number of carboxylic acid groups (broad SMARTS) is 1. The lowest BCUT2D eigenvalue weighted by Crippen LogP contribution is -2.12. The van der Waals surface area contributed by atoms with E-state index < -0.39 is 16.0 Å². The number of hydrogen-bond acceptors (Lipinski definition) is 5. The summed E-state index contributed by atoms with van der Waals surface area (Å²) in [6.45, 7) is 0. The largest absolute Gasteiger partial charge is 0.496 e. The first-order valence-corrected chi connectivity index (χ1v) is 7.78. The van der Waals surface area contributed by atoms with Gasteiger partial charge in [-0.2, -0.15) is 0 Å². The van der Waals surface area contributed by atoms with Gasteiger partial charge in [0.2, 0.25) is 0 Å². The maximum absolute atomic E-state index is 12.0. The smallest absolute Gasteiger partial charge is 0.339 e. The van der Waals surface area contributed by atoms with Crippen LogP contribution in [0.1, 0.15) is 10.4 Å². The molecule has 2 aromatic rings. The van der Waals surface area contributed by atoms with E-state index in [0.717, 1.165) is 11.3 Å². The van der Waals surface area contributed by atoms with Gasteiger partial charge in [0.15, 0.2) is 0 Å². The van der Waals surface area contributed by atoms with E-state index in [-0.39, 0.29) is 21.2 Å². The highest BCUT2D eigenvalue weighted by molar-refractivity contribution is 7.94. The van der Waals surface area contributed by atoms with Crippen molar-refractivity contribution in [2.45, 2.75) is 4.21 Å². The number of carbonyl (C=O) groups is 1. The van der Waals surface area contributed by atoms with Gasteiger partial charge in [-0.25, -0.2) is 13.2 Å². The Morgan fingerprint density at radius 1 is 1.35 bits per heavy atom. The topological polar surface area (TPSA) is 92.7 Å². The molecule has 20 heavy (non-hydrogen) atoms. The Kier molecular flexibility index (Phi) is 3.96. The van der Waals surface area contributed by atoms with E-state index in [0.29, 0.717) is 0 Å². The van der Waals surface area contributed by atoms with Gasteiger partial charge in [-0.15, -0.1) is 11.3 Å². The van der Waals surface area contributed by atoms with Crippen molar-refractivity contribution in [3.63, 3.8) is 0 Å². The molecule has 0 spiro atoms. The SMILES string of the molecule is COc1cc(NS(=O)(=O)c2cccs2)ccc1C(=O)O. The third-order valence-corrected chi connectivity index (χ3v) is 5.22. The van der Waals surface area contributed by atoms with Crippen LogP contribution < -0.4 is 9.46 Å². The van der Waals surface area contributed by atoms with Crippen LogP contribution in [0.25, 0.3) is 0 Å². The van der Waals surface area contributed by atoms with Crippen molar-refractivity contribution in [1.29, 1.82) is 0 Å². The zero-order chi connectivity index (χ0) is 14.8.